The second-order valence-corrected chi connectivity index (χ2v) is 6.78. The molecule has 0 bridgehead atoms. The molecular formula is C17H22N2OS. The summed E-state index contributed by atoms with van der Waals surface area (Å²) in [5, 5.41) is 3.59. The summed E-state index contributed by atoms with van der Waals surface area (Å²) in [5.41, 5.74) is 2.77. The molecule has 4 heteroatoms. The SMILES string of the molecule is COc1ccc(CNC(C)c2cc3c(s2)CCCC3)cn1. The minimum absolute atomic E-state index is 0.391. The standard InChI is InChI=1S/C17H22N2OS/c1-12(16-9-14-5-3-4-6-15(14)21-16)18-10-13-7-8-17(20-2)19-11-13/h7-9,11-12,18H,3-6,10H2,1-2H3. The summed E-state index contributed by atoms with van der Waals surface area (Å²) >= 11 is 1.99. The molecule has 2 heterocycles. The van der Waals surface area contributed by atoms with Crippen LogP contribution < -0.4 is 10.1 Å². The predicted molar refractivity (Wildman–Crippen MR) is 87.0 cm³/mol. The zero-order valence-corrected chi connectivity index (χ0v) is 13.5. The van der Waals surface area contributed by atoms with Gasteiger partial charge in [0.2, 0.25) is 5.88 Å². The van der Waals surface area contributed by atoms with Gasteiger partial charge in [0.05, 0.1) is 7.11 Å². The monoisotopic (exact) mass is 302 g/mol. The topological polar surface area (TPSA) is 34.1 Å². The fraction of sp³-hybridized carbons (Fsp3) is 0.471. The first-order valence-electron chi connectivity index (χ1n) is 7.60. The Morgan fingerprint density at radius 3 is 2.90 bits per heavy atom. The summed E-state index contributed by atoms with van der Waals surface area (Å²) in [7, 11) is 1.64. The van der Waals surface area contributed by atoms with Crippen molar-refractivity contribution in [1.82, 2.24) is 10.3 Å². The summed E-state index contributed by atoms with van der Waals surface area (Å²) in [4.78, 5) is 7.31. The summed E-state index contributed by atoms with van der Waals surface area (Å²) in [6.07, 6.45) is 7.11. The maximum atomic E-state index is 5.08. The molecule has 1 aliphatic carbocycles. The molecule has 0 aromatic carbocycles. The third-order valence-corrected chi connectivity index (χ3v) is 5.48. The van der Waals surface area contributed by atoms with Crippen LogP contribution in [0.2, 0.25) is 0 Å². The van der Waals surface area contributed by atoms with Gasteiger partial charge in [-0.25, -0.2) is 4.98 Å². The average molecular weight is 302 g/mol. The molecule has 1 aliphatic rings. The Hall–Kier alpha value is -1.39. The Morgan fingerprint density at radius 1 is 1.33 bits per heavy atom. The zero-order chi connectivity index (χ0) is 14.7. The molecule has 0 fully saturated rings. The first-order chi connectivity index (χ1) is 10.3. The smallest absolute Gasteiger partial charge is 0.212 e. The quantitative estimate of drug-likeness (QED) is 0.910. The number of methoxy groups -OCH3 is 1. The Balaban J connectivity index is 1.60. The van der Waals surface area contributed by atoms with Crippen molar-refractivity contribution < 1.29 is 4.74 Å². The lowest BCUT2D eigenvalue weighted by atomic mass is 9.99. The lowest BCUT2D eigenvalue weighted by molar-refractivity contribution is 0.397. The van der Waals surface area contributed by atoms with Gasteiger partial charge in [0.25, 0.3) is 0 Å². The van der Waals surface area contributed by atoms with Gasteiger partial charge in [0.15, 0.2) is 0 Å². The average Bonchev–Trinajstić information content (AvgIpc) is 2.97. The molecule has 112 valence electrons. The third kappa shape index (κ3) is 3.44. The van der Waals surface area contributed by atoms with Crippen molar-refractivity contribution in [2.75, 3.05) is 7.11 Å². The minimum atomic E-state index is 0.391. The number of pyridine rings is 1. The number of aryl methyl sites for hydroxylation is 2. The number of nitrogens with zero attached hydrogens (tertiary/aromatic N) is 1. The van der Waals surface area contributed by atoms with Crippen molar-refractivity contribution >= 4 is 11.3 Å². The van der Waals surface area contributed by atoms with E-state index in [1.165, 1.54) is 36.1 Å². The molecule has 2 aromatic heterocycles. The van der Waals surface area contributed by atoms with E-state index in [1.54, 1.807) is 17.6 Å². The van der Waals surface area contributed by atoms with E-state index in [0.29, 0.717) is 11.9 Å². The van der Waals surface area contributed by atoms with Gasteiger partial charge in [-0.15, -0.1) is 11.3 Å². The van der Waals surface area contributed by atoms with Gasteiger partial charge in [-0.05, 0) is 49.8 Å². The lowest BCUT2D eigenvalue weighted by Crippen LogP contribution is -2.17. The van der Waals surface area contributed by atoms with Gasteiger partial charge in [-0.2, -0.15) is 0 Å². The van der Waals surface area contributed by atoms with Crippen molar-refractivity contribution in [3.63, 3.8) is 0 Å². The Kier molecular flexibility index (Phi) is 4.56. The number of hydrogen-bond donors (Lipinski definition) is 1. The maximum Gasteiger partial charge on any atom is 0.212 e. The highest BCUT2D eigenvalue weighted by molar-refractivity contribution is 7.12. The van der Waals surface area contributed by atoms with Crippen LogP contribution in [0.25, 0.3) is 0 Å². The largest absolute Gasteiger partial charge is 0.481 e. The van der Waals surface area contributed by atoms with Crippen molar-refractivity contribution in [3.8, 4) is 5.88 Å². The first-order valence-corrected chi connectivity index (χ1v) is 8.41. The van der Waals surface area contributed by atoms with Crippen molar-refractivity contribution in [3.05, 3.63) is 45.3 Å². The van der Waals surface area contributed by atoms with E-state index in [4.69, 9.17) is 4.74 Å². The Bertz CT molecular complexity index is 568. The number of hydrogen-bond acceptors (Lipinski definition) is 4. The van der Waals surface area contributed by atoms with E-state index in [-0.39, 0.29) is 0 Å². The second-order valence-electron chi connectivity index (χ2n) is 5.62. The summed E-state index contributed by atoms with van der Waals surface area (Å²) in [5.74, 6) is 0.665. The molecular weight excluding hydrogens is 280 g/mol. The van der Waals surface area contributed by atoms with Gasteiger partial charge < -0.3 is 10.1 Å². The van der Waals surface area contributed by atoms with E-state index >= 15 is 0 Å². The summed E-state index contributed by atoms with van der Waals surface area (Å²) < 4.78 is 5.08. The second kappa shape index (κ2) is 6.58. The predicted octanol–water partition coefficient (Wildman–Crippen LogP) is 3.88. The minimum Gasteiger partial charge on any atom is -0.481 e. The molecule has 0 saturated heterocycles. The van der Waals surface area contributed by atoms with Crippen molar-refractivity contribution in [2.45, 2.75) is 45.2 Å². The number of aromatic nitrogens is 1. The van der Waals surface area contributed by atoms with Gasteiger partial charge in [0, 0.05) is 34.6 Å². The number of nitrogens with one attached hydrogen (secondary N) is 1. The normalized spacial score (nSPS) is 15.5. The Morgan fingerprint density at radius 2 is 2.19 bits per heavy atom. The van der Waals surface area contributed by atoms with Gasteiger partial charge >= 0.3 is 0 Å². The van der Waals surface area contributed by atoms with Crippen LogP contribution in [0.3, 0.4) is 0 Å². The fourth-order valence-electron chi connectivity index (χ4n) is 2.73. The number of rotatable bonds is 5. The maximum absolute atomic E-state index is 5.08. The van der Waals surface area contributed by atoms with Gasteiger partial charge in [-0.1, -0.05) is 6.07 Å². The highest BCUT2D eigenvalue weighted by Gasteiger charge is 2.16. The number of thiophene rings is 1. The van der Waals surface area contributed by atoms with Crippen LogP contribution >= 0.6 is 11.3 Å². The fourth-order valence-corrected chi connectivity index (χ4v) is 4.02. The van der Waals surface area contributed by atoms with E-state index < -0.39 is 0 Å². The molecule has 0 amide bonds. The van der Waals surface area contributed by atoms with E-state index in [1.807, 2.05) is 23.6 Å². The van der Waals surface area contributed by atoms with E-state index in [9.17, 15) is 0 Å². The molecule has 0 aliphatic heterocycles. The summed E-state index contributed by atoms with van der Waals surface area (Å²) in [6, 6.07) is 6.77. The zero-order valence-electron chi connectivity index (χ0n) is 12.7. The van der Waals surface area contributed by atoms with Crippen LogP contribution in [-0.2, 0) is 19.4 Å². The highest BCUT2D eigenvalue weighted by atomic mass is 32.1. The molecule has 1 atom stereocenters. The van der Waals surface area contributed by atoms with E-state index in [2.05, 4.69) is 29.4 Å². The molecule has 0 spiro atoms. The summed E-state index contributed by atoms with van der Waals surface area (Å²) in [6.45, 7) is 3.08. The van der Waals surface area contributed by atoms with Crippen LogP contribution in [-0.4, -0.2) is 12.1 Å². The van der Waals surface area contributed by atoms with Crippen LogP contribution in [0.1, 0.15) is 46.7 Å². The van der Waals surface area contributed by atoms with Gasteiger partial charge in [-0.3, -0.25) is 0 Å². The van der Waals surface area contributed by atoms with Crippen LogP contribution in [0.15, 0.2) is 24.4 Å². The molecule has 3 rings (SSSR count). The molecule has 2 aromatic rings. The van der Waals surface area contributed by atoms with Crippen LogP contribution in [0.5, 0.6) is 5.88 Å². The molecule has 0 saturated carbocycles. The first kappa shape index (κ1) is 14.5. The molecule has 0 radical (unpaired) electrons. The lowest BCUT2D eigenvalue weighted by Gasteiger charge is -2.12. The molecule has 1 N–H and O–H groups in total. The third-order valence-electron chi connectivity index (χ3n) is 4.06. The van der Waals surface area contributed by atoms with Crippen LogP contribution in [0.4, 0.5) is 0 Å². The van der Waals surface area contributed by atoms with Crippen molar-refractivity contribution in [1.29, 1.82) is 0 Å². The van der Waals surface area contributed by atoms with E-state index in [0.717, 1.165) is 6.54 Å². The highest BCUT2D eigenvalue weighted by Crippen LogP contribution is 2.32. The molecule has 1 unspecified atom stereocenters. The number of fused-ring (bicyclic) bond motifs is 1. The van der Waals surface area contributed by atoms with Gasteiger partial charge in [0.1, 0.15) is 0 Å². The van der Waals surface area contributed by atoms with Crippen LogP contribution in [0, 0.1) is 0 Å². The molecule has 21 heavy (non-hydrogen) atoms. The number of ether oxygens (including phenoxy) is 1. The molecule has 3 nitrogen and oxygen atoms in total. The Labute approximate surface area is 130 Å². The van der Waals surface area contributed by atoms with Crippen molar-refractivity contribution in [2.24, 2.45) is 0 Å².